The molecule has 0 saturated carbocycles. The molecular weight excluding hydrogens is 748 g/mol. The Hall–Kier alpha value is -0.692. The zero-order valence-corrected chi connectivity index (χ0v) is 31.3. The maximum absolute atomic E-state index is 11.1. The van der Waals surface area contributed by atoms with Crippen molar-refractivity contribution in [2.24, 2.45) is 0 Å². The van der Waals surface area contributed by atoms with Crippen LogP contribution in [-0.4, -0.2) is 14.2 Å². The van der Waals surface area contributed by atoms with E-state index in [1.54, 1.807) is 7.14 Å². The molecule has 0 aliphatic heterocycles. The van der Waals surface area contributed by atoms with Crippen molar-refractivity contribution in [1.29, 1.82) is 0 Å². The molecule has 0 radical (unpaired) electrons. The third-order valence-electron chi connectivity index (χ3n) is 7.68. The molecule has 0 heterocycles. The van der Waals surface area contributed by atoms with Crippen LogP contribution in [0.25, 0.3) is 0 Å². The fraction of sp³-hybridized carbons (Fsp3) is 0.667. The van der Waals surface area contributed by atoms with Gasteiger partial charge in [-0.25, -0.2) is 0 Å². The number of benzene rings is 2. The SMILES string of the molecule is CCCCCCCCCCCCc1ccc([I+]c2ccc(CCCCCCCCCCCC)cc2)cc1.F[As-](F)(F)(F)(F)F. The van der Waals surface area contributed by atoms with E-state index >= 15 is 0 Å². The first-order valence-corrected chi connectivity index (χ1v) is 23.6. The van der Waals surface area contributed by atoms with Gasteiger partial charge in [0.25, 0.3) is 0 Å². The number of unbranched alkanes of at least 4 members (excludes halogenated alkanes) is 18. The van der Waals surface area contributed by atoms with E-state index in [1.807, 2.05) is 0 Å². The van der Waals surface area contributed by atoms with Crippen LogP contribution >= 0.6 is 0 Å². The minimum atomic E-state index is -11.1. The molecule has 0 amide bonds. The van der Waals surface area contributed by atoms with Crippen LogP contribution < -0.4 is 21.2 Å². The molecule has 0 bridgehead atoms. The van der Waals surface area contributed by atoms with Crippen LogP contribution in [0.5, 0.6) is 0 Å². The van der Waals surface area contributed by atoms with Gasteiger partial charge >= 0.3 is 56.2 Å². The van der Waals surface area contributed by atoms with Gasteiger partial charge in [0.15, 0.2) is 7.14 Å². The first-order valence-electron chi connectivity index (χ1n) is 17.2. The van der Waals surface area contributed by atoms with Crippen LogP contribution in [-0.2, 0) is 12.8 Å². The molecule has 0 spiro atoms. The molecular formula is C36H58AsF6I. The van der Waals surface area contributed by atoms with Crippen LogP contribution in [0.3, 0.4) is 0 Å². The fourth-order valence-electron chi connectivity index (χ4n) is 5.19. The maximum atomic E-state index is 9.91. The average Bonchev–Trinajstić information content (AvgIpc) is 2.95. The van der Waals surface area contributed by atoms with E-state index in [1.165, 1.54) is 152 Å². The molecule has 0 nitrogen and oxygen atoms in total. The Morgan fingerprint density at radius 1 is 0.386 bits per heavy atom. The van der Waals surface area contributed by atoms with Crippen molar-refractivity contribution in [3.05, 3.63) is 66.8 Å². The Kier molecular flexibility index (Phi) is 20.6. The van der Waals surface area contributed by atoms with E-state index in [9.17, 15) is 20.8 Å². The third kappa shape index (κ3) is 30.0. The topological polar surface area (TPSA) is 0 Å². The Labute approximate surface area is 276 Å². The predicted octanol–water partition coefficient (Wildman–Crippen LogP) is 10.9. The van der Waals surface area contributed by atoms with Gasteiger partial charge in [-0.1, -0.05) is 154 Å². The summed E-state index contributed by atoms with van der Waals surface area (Å²) < 4.78 is 62.5. The summed E-state index contributed by atoms with van der Waals surface area (Å²) in [6, 6.07) is 19.2. The molecule has 2 rings (SSSR count). The number of halogens is 7. The van der Waals surface area contributed by atoms with Gasteiger partial charge in [0.05, 0.1) is 0 Å². The monoisotopic (exact) mass is 806 g/mol. The molecule has 44 heavy (non-hydrogen) atoms. The average molecular weight is 807 g/mol. The van der Waals surface area contributed by atoms with Crippen molar-refractivity contribution in [1.82, 2.24) is 0 Å². The van der Waals surface area contributed by atoms with Crippen molar-refractivity contribution in [2.45, 2.75) is 155 Å². The molecule has 2 aromatic carbocycles. The Morgan fingerprint density at radius 2 is 0.614 bits per heavy atom. The molecule has 0 unspecified atom stereocenters. The third-order valence-corrected chi connectivity index (χ3v) is 10.4. The van der Waals surface area contributed by atoms with Gasteiger partial charge in [-0.15, -0.1) is 0 Å². The molecule has 0 aliphatic rings. The second kappa shape index (κ2) is 22.0. The summed E-state index contributed by atoms with van der Waals surface area (Å²) in [6.45, 7) is 4.60. The van der Waals surface area contributed by atoms with Gasteiger partial charge in [0.1, 0.15) is 0 Å². The van der Waals surface area contributed by atoms with Gasteiger partial charge in [-0.05, 0) is 61.1 Å². The van der Waals surface area contributed by atoms with Gasteiger partial charge in [-0.2, -0.15) is 0 Å². The Bertz CT molecular complexity index is 883. The molecule has 0 saturated heterocycles. The molecule has 2 aromatic rings. The summed E-state index contributed by atoms with van der Waals surface area (Å²) in [4.78, 5) is 0. The van der Waals surface area contributed by atoms with Crippen LogP contribution in [0.1, 0.15) is 153 Å². The summed E-state index contributed by atoms with van der Waals surface area (Å²) in [5.74, 6) is 0. The molecule has 0 N–H and O–H groups in total. The van der Waals surface area contributed by atoms with E-state index < -0.39 is 14.2 Å². The van der Waals surface area contributed by atoms with Crippen molar-refractivity contribution >= 4 is 14.2 Å². The zero-order chi connectivity index (χ0) is 32.6. The van der Waals surface area contributed by atoms with Crippen LogP contribution in [0.15, 0.2) is 48.5 Å². The van der Waals surface area contributed by atoms with Crippen LogP contribution in [0, 0.1) is 7.14 Å². The quantitative estimate of drug-likeness (QED) is 0.0429. The number of hydrogen-bond acceptors (Lipinski definition) is 0. The second-order valence-corrected chi connectivity index (χ2v) is 19.2. The Balaban J connectivity index is 0.00000123. The van der Waals surface area contributed by atoms with Gasteiger partial charge < -0.3 is 0 Å². The molecule has 0 aromatic heterocycles. The molecule has 0 aliphatic carbocycles. The van der Waals surface area contributed by atoms with Crippen molar-refractivity contribution in [3.63, 3.8) is 0 Å². The van der Waals surface area contributed by atoms with Gasteiger partial charge in [0.2, 0.25) is 0 Å². The normalized spacial score (nSPS) is 13.2. The minimum absolute atomic E-state index is 0.0574. The summed E-state index contributed by atoms with van der Waals surface area (Å²) in [6.07, 6.45) is 30.9. The summed E-state index contributed by atoms with van der Waals surface area (Å²) in [5.41, 5.74) is 3.05. The number of hydrogen-bond donors (Lipinski definition) is 0. The summed E-state index contributed by atoms with van der Waals surface area (Å²) >= 11 is -11.1. The van der Waals surface area contributed by atoms with Crippen molar-refractivity contribution in [3.8, 4) is 0 Å². The molecule has 8 heteroatoms. The van der Waals surface area contributed by atoms with E-state index in [-0.39, 0.29) is 21.2 Å². The second-order valence-electron chi connectivity index (χ2n) is 12.2. The van der Waals surface area contributed by atoms with Crippen molar-refractivity contribution < 1.29 is 42.0 Å². The molecule has 0 atom stereocenters. The summed E-state index contributed by atoms with van der Waals surface area (Å²) in [5, 5.41) is 0. The zero-order valence-electron chi connectivity index (χ0n) is 27.3. The summed E-state index contributed by atoms with van der Waals surface area (Å²) in [7, 11) is 0. The van der Waals surface area contributed by atoms with E-state index in [4.69, 9.17) is 0 Å². The van der Waals surface area contributed by atoms with E-state index in [0.29, 0.717) is 0 Å². The van der Waals surface area contributed by atoms with E-state index in [2.05, 4.69) is 62.4 Å². The molecule has 0 fully saturated rings. The molecule has 256 valence electrons. The first kappa shape index (κ1) is 41.3. The standard InChI is InChI=1S/C36H58I.AsF6/c1-3-5-7-9-11-13-15-17-19-21-23-33-25-29-35(30-26-33)37-36-31-27-34(28-32-36)24-22-20-18-16-14-12-10-8-6-4-2;2-1(3,4,5,6)7/h25-32H,3-24H2,1-2H3;/q+1;-1. The van der Waals surface area contributed by atoms with Crippen LogP contribution in [0.4, 0.5) is 20.8 Å². The number of aryl methyl sites for hydroxylation is 2. The van der Waals surface area contributed by atoms with Crippen LogP contribution in [0.2, 0.25) is 0 Å². The first-order chi connectivity index (χ1) is 20.8. The van der Waals surface area contributed by atoms with Crippen molar-refractivity contribution in [2.75, 3.05) is 0 Å². The number of rotatable bonds is 24. The predicted molar refractivity (Wildman–Crippen MR) is 174 cm³/mol. The van der Waals surface area contributed by atoms with Gasteiger partial charge in [-0.3, -0.25) is 0 Å². The Morgan fingerprint density at radius 3 is 0.864 bits per heavy atom. The van der Waals surface area contributed by atoms with Gasteiger partial charge in [0, 0.05) is 0 Å². The fourth-order valence-corrected chi connectivity index (χ4v) is 7.34. The van der Waals surface area contributed by atoms with E-state index in [0.717, 1.165) is 0 Å².